The highest BCUT2D eigenvalue weighted by Crippen LogP contribution is 2.41. The van der Waals surface area contributed by atoms with Gasteiger partial charge in [0.05, 0.1) is 0 Å². The van der Waals surface area contributed by atoms with Crippen LogP contribution in [0.5, 0.6) is 0 Å². The Morgan fingerprint density at radius 1 is 1.16 bits per heavy atom. The van der Waals surface area contributed by atoms with Crippen LogP contribution in [0.2, 0.25) is 0 Å². The molecule has 3 atom stereocenters. The van der Waals surface area contributed by atoms with E-state index in [1.807, 2.05) is 34.6 Å². The normalized spacial score (nSPS) is 27.3. The molecule has 0 unspecified atom stereocenters. The summed E-state index contributed by atoms with van der Waals surface area (Å²) in [7, 11) is 0. The number of hydrogen-bond donors (Lipinski definition) is 0. The second kappa shape index (κ2) is 7.91. The van der Waals surface area contributed by atoms with Gasteiger partial charge in [0.1, 0.15) is 17.3 Å². The van der Waals surface area contributed by atoms with Crippen molar-refractivity contribution in [1.82, 2.24) is 4.90 Å². The molecule has 2 heterocycles. The van der Waals surface area contributed by atoms with Gasteiger partial charge in [0.25, 0.3) is 0 Å². The van der Waals surface area contributed by atoms with Gasteiger partial charge in [-0.1, -0.05) is 13.8 Å². The van der Waals surface area contributed by atoms with Crippen LogP contribution in [0.1, 0.15) is 67.2 Å². The molecule has 5 heteroatoms. The highest BCUT2D eigenvalue weighted by Gasteiger charge is 2.50. The van der Waals surface area contributed by atoms with E-state index < -0.39 is 11.3 Å². The first-order valence-corrected chi connectivity index (χ1v) is 9.79. The van der Waals surface area contributed by atoms with Gasteiger partial charge in [0.2, 0.25) is 0 Å². The Morgan fingerprint density at radius 3 is 2.28 bits per heavy atom. The van der Waals surface area contributed by atoms with Crippen molar-refractivity contribution in [2.75, 3.05) is 19.8 Å². The summed E-state index contributed by atoms with van der Waals surface area (Å²) < 4.78 is 27.0. The van der Waals surface area contributed by atoms with Crippen molar-refractivity contribution >= 4 is 5.97 Å². The molecular formula is C20H36FNO3. The number of esters is 1. The predicted octanol–water partition coefficient (Wildman–Crippen LogP) is 3.97. The van der Waals surface area contributed by atoms with Gasteiger partial charge in [-0.25, -0.2) is 4.39 Å². The molecule has 0 radical (unpaired) electrons. The summed E-state index contributed by atoms with van der Waals surface area (Å²) in [6.07, 6.45) is 3.25. The largest absolute Gasteiger partial charge is 0.459 e. The number of carbonyl (C=O) groups excluding carboxylic acids is 1. The molecule has 0 saturated carbocycles. The molecule has 2 aliphatic rings. The van der Waals surface area contributed by atoms with Crippen LogP contribution in [0.4, 0.5) is 4.39 Å². The van der Waals surface area contributed by atoms with Crippen molar-refractivity contribution in [2.24, 2.45) is 11.8 Å². The van der Waals surface area contributed by atoms with Crippen molar-refractivity contribution in [3.8, 4) is 0 Å². The second-order valence-corrected chi connectivity index (χ2v) is 9.16. The SMILES string of the molecule is CC(C)[C@@H](C(=O)OC(C)(C)C)N1CCC[C@@H]1[C@](C)(F)C1CCOCC1. The Balaban J connectivity index is 2.20. The zero-order chi connectivity index (χ0) is 18.8. The third kappa shape index (κ3) is 4.94. The summed E-state index contributed by atoms with van der Waals surface area (Å²) >= 11 is 0. The predicted molar refractivity (Wildman–Crippen MR) is 97.3 cm³/mol. The summed E-state index contributed by atoms with van der Waals surface area (Å²) in [5.74, 6) is -0.142. The van der Waals surface area contributed by atoms with Gasteiger partial charge >= 0.3 is 5.97 Å². The number of hydrogen-bond acceptors (Lipinski definition) is 4. The lowest BCUT2D eigenvalue weighted by atomic mass is 9.78. The molecule has 2 saturated heterocycles. The monoisotopic (exact) mass is 357 g/mol. The van der Waals surface area contributed by atoms with Crippen LogP contribution in [0.25, 0.3) is 0 Å². The number of likely N-dealkylation sites (tertiary alicyclic amines) is 1. The Labute approximate surface area is 152 Å². The molecule has 0 aromatic carbocycles. The summed E-state index contributed by atoms with van der Waals surface area (Å²) in [6.45, 7) is 13.4. The summed E-state index contributed by atoms with van der Waals surface area (Å²) in [6, 6.07) is -0.614. The van der Waals surface area contributed by atoms with E-state index in [1.54, 1.807) is 6.92 Å². The van der Waals surface area contributed by atoms with Crippen molar-refractivity contribution in [3.05, 3.63) is 0 Å². The molecular weight excluding hydrogens is 321 g/mol. The first kappa shape index (κ1) is 20.6. The molecule has 0 aromatic heterocycles. The standard InChI is InChI=1S/C20H36FNO3/c1-14(2)17(18(23)25-19(3,4)5)22-11-7-8-16(22)20(6,21)15-9-12-24-13-10-15/h14-17H,7-13H2,1-6H3/t16-,17+,20-/m1/s1. The van der Waals surface area contributed by atoms with Crippen LogP contribution in [-0.2, 0) is 14.3 Å². The molecule has 4 nitrogen and oxygen atoms in total. The Morgan fingerprint density at radius 2 is 1.76 bits per heavy atom. The summed E-state index contributed by atoms with van der Waals surface area (Å²) in [5, 5.41) is 0. The third-order valence-corrected chi connectivity index (χ3v) is 5.60. The van der Waals surface area contributed by atoms with E-state index in [2.05, 4.69) is 4.90 Å². The van der Waals surface area contributed by atoms with Crippen molar-refractivity contribution in [1.29, 1.82) is 0 Å². The fourth-order valence-electron chi connectivity index (χ4n) is 4.42. The number of alkyl halides is 1. The zero-order valence-electron chi connectivity index (χ0n) is 16.8. The van der Waals surface area contributed by atoms with E-state index in [4.69, 9.17) is 9.47 Å². The maximum Gasteiger partial charge on any atom is 0.324 e. The average Bonchev–Trinajstić information content (AvgIpc) is 2.95. The fraction of sp³-hybridized carbons (Fsp3) is 0.950. The summed E-state index contributed by atoms with van der Waals surface area (Å²) in [5.41, 5.74) is -1.84. The van der Waals surface area contributed by atoms with Gasteiger partial charge in [0.15, 0.2) is 0 Å². The van der Waals surface area contributed by atoms with Crippen molar-refractivity contribution < 1.29 is 18.7 Å². The van der Waals surface area contributed by atoms with Gasteiger partial charge < -0.3 is 9.47 Å². The summed E-state index contributed by atoms with van der Waals surface area (Å²) in [4.78, 5) is 14.9. The topological polar surface area (TPSA) is 38.8 Å². The number of carbonyl (C=O) groups is 1. The van der Waals surface area contributed by atoms with Crippen LogP contribution in [-0.4, -0.2) is 54.0 Å². The number of rotatable bonds is 5. The molecule has 0 aromatic rings. The zero-order valence-corrected chi connectivity index (χ0v) is 16.8. The van der Waals surface area contributed by atoms with E-state index in [0.29, 0.717) is 13.2 Å². The minimum atomic E-state index is -1.31. The molecule has 146 valence electrons. The van der Waals surface area contributed by atoms with Crippen molar-refractivity contribution in [3.63, 3.8) is 0 Å². The van der Waals surface area contributed by atoms with Gasteiger partial charge in [-0.15, -0.1) is 0 Å². The van der Waals surface area contributed by atoms with E-state index in [1.165, 1.54) is 0 Å². The van der Waals surface area contributed by atoms with Gasteiger partial charge in [-0.05, 0) is 71.8 Å². The quantitative estimate of drug-likeness (QED) is 0.698. The van der Waals surface area contributed by atoms with Gasteiger partial charge in [0, 0.05) is 19.3 Å². The van der Waals surface area contributed by atoms with E-state index in [9.17, 15) is 4.79 Å². The molecule has 0 aliphatic carbocycles. The molecule has 0 spiro atoms. The van der Waals surface area contributed by atoms with Crippen LogP contribution >= 0.6 is 0 Å². The Hall–Kier alpha value is -0.680. The fourth-order valence-corrected chi connectivity index (χ4v) is 4.42. The lowest BCUT2D eigenvalue weighted by Crippen LogP contribution is -2.57. The average molecular weight is 358 g/mol. The van der Waals surface area contributed by atoms with Crippen LogP contribution < -0.4 is 0 Å². The van der Waals surface area contributed by atoms with E-state index in [0.717, 1.165) is 32.2 Å². The van der Waals surface area contributed by atoms with Crippen LogP contribution in [0, 0.1) is 11.8 Å². The number of ether oxygens (including phenoxy) is 2. The molecule has 2 aliphatic heterocycles. The van der Waals surface area contributed by atoms with E-state index >= 15 is 4.39 Å². The minimum Gasteiger partial charge on any atom is -0.459 e. The highest BCUT2D eigenvalue weighted by molar-refractivity contribution is 5.76. The Kier molecular flexibility index (Phi) is 6.53. The lowest BCUT2D eigenvalue weighted by Gasteiger charge is -2.44. The highest BCUT2D eigenvalue weighted by atomic mass is 19.1. The van der Waals surface area contributed by atoms with Crippen molar-refractivity contribution in [2.45, 2.75) is 90.6 Å². The molecule has 0 N–H and O–H groups in total. The maximum absolute atomic E-state index is 15.9. The van der Waals surface area contributed by atoms with Gasteiger partial charge in [-0.3, -0.25) is 9.69 Å². The van der Waals surface area contributed by atoms with E-state index in [-0.39, 0.29) is 29.9 Å². The first-order chi connectivity index (χ1) is 11.5. The first-order valence-electron chi connectivity index (χ1n) is 9.79. The van der Waals surface area contributed by atoms with Crippen LogP contribution in [0.3, 0.4) is 0 Å². The minimum absolute atomic E-state index is 0.00158. The number of halogens is 1. The van der Waals surface area contributed by atoms with Crippen LogP contribution in [0.15, 0.2) is 0 Å². The lowest BCUT2D eigenvalue weighted by molar-refractivity contribution is -0.166. The smallest absolute Gasteiger partial charge is 0.324 e. The molecule has 2 fully saturated rings. The number of nitrogens with zero attached hydrogens (tertiary/aromatic N) is 1. The van der Waals surface area contributed by atoms with Gasteiger partial charge in [-0.2, -0.15) is 0 Å². The molecule has 2 rings (SSSR count). The Bertz CT molecular complexity index is 452. The second-order valence-electron chi connectivity index (χ2n) is 9.16. The molecule has 0 amide bonds. The maximum atomic E-state index is 15.9. The molecule has 25 heavy (non-hydrogen) atoms. The third-order valence-electron chi connectivity index (χ3n) is 5.60. The molecule has 0 bridgehead atoms.